The maximum Gasteiger partial charge on any atom is 0.328 e. The maximum atomic E-state index is 13.2. The number of amides is 4. The SMILES string of the molecule is COC(=O)[C@H](CCc1ccccc1)NC(=O)[C@H](C)NC(=O)Cc1cc(F)cc(F)c1.C[C@H](NC(=O)Cc1cc(F)cc(F)c1)C(=O)NCC(=O)OCCc1ccccc1. The van der Waals surface area contributed by atoms with Crippen molar-refractivity contribution >= 4 is 35.6 Å². The number of rotatable bonds is 18. The molecule has 12 nitrogen and oxygen atoms in total. The van der Waals surface area contributed by atoms with Crippen LogP contribution in [0.2, 0.25) is 0 Å². The molecule has 0 aliphatic carbocycles. The smallest absolute Gasteiger partial charge is 0.328 e. The summed E-state index contributed by atoms with van der Waals surface area (Å²) in [5, 5.41) is 9.81. The number of aryl methyl sites for hydroxylation is 1. The predicted octanol–water partition coefficient (Wildman–Crippen LogP) is 4.22. The number of halogens is 4. The number of carbonyl (C=O) groups excluding carboxylic acids is 6. The predicted molar refractivity (Wildman–Crippen MR) is 208 cm³/mol. The first-order valence-corrected chi connectivity index (χ1v) is 18.5. The number of nitrogens with one attached hydrogen (secondary N) is 4. The maximum absolute atomic E-state index is 13.2. The van der Waals surface area contributed by atoms with Crippen LogP contribution in [0.25, 0.3) is 0 Å². The fraction of sp³-hybridized carbons (Fsp3) is 0.302. The summed E-state index contributed by atoms with van der Waals surface area (Å²) in [7, 11) is 1.23. The summed E-state index contributed by atoms with van der Waals surface area (Å²) in [5.74, 6) is -6.65. The van der Waals surface area contributed by atoms with Crippen molar-refractivity contribution in [2.75, 3.05) is 20.3 Å². The third-order valence-corrected chi connectivity index (χ3v) is 8.39. The van der Waals surface area contributed by atoms with Gasteiger partial charge in [0.05, 0.1) is 26.6 Å². The van der Waals surface area contributed by atoms with Gasteiger partial charge >= 0.3 is 11.9 Å². The van der Waals surface area contributed by atoms with Crippen molar-refractivity contribution in [2.24, 2.45) is 0 Å². The van der Waals surface area contributed by atoms with Crippen LogP contribution in [0, 0.1) is 23.3 Å². The molecule has 59 heavy (non-hydrogen) atoms. The number of esters is 2. The van der Waals surface area contributed by atoms with E-state index in [9.17, 15) is 46.3 Å². The molecule has 0 aliphatic heterocycles. The van der Waals surface area contributed by atoms with Crippen LogP contribution in [0.3, 0.4) is 0 Å². The Balaban J connectivity index is 0.000000316. The molecular weight excluding hydrogens is 776 g/mol. The number of methoxy groups -OCH3 is 1. The van der Waals surface area contributed by atoms with E-state index >= 15 is 0 Å². The van der Waals surface area contributed by atoms with Crippen LogP contribution in [0.4, 0.5) is 17.6 Å². The van der Waals surface area contributed by atoms with Gasteiger partial charge in [-0.2, -0.15) is 0 Å². The topological polar surface area (TPSA) is 169 Å². The van der Waals surface area contributed by atoms with Gasteiger partial charge in [-0.15, -0.1) is 0 Å². The molecule has 0 aliphatic rings. The number of benzene rings is 4. The molecule has 0 unspecified atom stereocenters. The molecule has 4 amide bonds. The first kappa shape index (κ1) is 46.8. The molecule has 0 radical (unpaired) electrons. The lowest BCUT2D eigenvalue weighted by atomic mass is 10.0. The molecular formula is C43H46F4N4O8. The van der Waals surface area contributed by atoms with E-state index in [0.29, 0.717) is 31.4 Å². The second-order valence-electron chi connectivity index (χ2n) is 13.3. The summed E-state index contributed by atoms with van der Waals surface area (Å²) in [5.41, 5.74) is 2.32. The standard InChI is InChI=1S/C22H24F2N2O4.C21H22F2N2O4/c1-14(25-20(27)12-16-10-17(23)13-18(24)11-16)21(28)26-19(22(29)30-2)9-8-15-6-4-3-5-7-15;1-14(25-19(26)11-16-9-17(22)12-18(23)10-16)21(28)24-13-20(27)29-8-7-15-5-3-2-4-6-15/h3-7,10-11,13-14,19H,8-9,12H2,1-2H3,(H,25,27)(H,26,28);2-6,9-10,12,14H,7-8,11,13H2,1H3,(H,24,28)(H,25,26)/t14-,19-;14-/m00/s1. The second-order valence-corrected chi connectivity index (χ2v) is 13.3. The summed E-state index contributed by atoms with van der Waals surface area (Å²) >= 11 is 0. The molecule has 0 fully saturated rings. The first-order chi connectivity index (χ1) is 28.1. The largest absolute Gasteiger partial charge is 0.467 e. The number of hydrogen-bond acceptors (Lipinski definition) is 8. The zero-order valence-corrected chi connectivity index (χ0v) is 32.7. The highest BCUT2D eigenvalue weighted by Gasteiger charge is 2.25. The van der Waals surface area contributed by atoms with Crippen LogP contribution < -0.4 is 21.3 Å². The molecule has 3 atom stereocenters. The normalized spacial score (nSPS) is 12.0. The molecule has 0 spiro atoms. The van der Waals surface area contributed by atoms with Gasteiger partial charge in [0.1, 0.15) is 47.9 Å². The minimum Gasteiger partial charge on any atom is -0.467 e. The van der Waals surface area contributed by atoms with Crippen LogP contribution in [0.15, 0.2) is 97.1 Å². The Bertz CT molecular complexity index is 2000. The van der Waals surface area contributed by atoms with E-state index < -0.39 is 77.0 Å². The van der Waals surface area contributed by atoms with Crippen molar-refractivity contribution < 1.29 is 55.8 Å². The van der Waals surface area contributed by atoms with Crippen molar-refractivity contribution in [1.82, 2.24) is 21.3 Å². The summed E-state index contributed by atoms with van der Waals surface area (Å²) in [6, 6.07) is 21.8. The highest BCUT2D eigenvalue weighted by molar-refractivity contribution is 5.91. The van der Waals surface area contributed by atoms with Gasteiger partial charge in [-0.05, 0) is 73.2 Å². The molecule has 0 saturated heterocycles. The van der Waals surface area contributed by atoms with Gasteiger partial charge in [0.15, 0.2) is 0 Å². The van der Waals surface area contributed by atoms with Crippen molar-refractivity contribution in [3.8, 4) is 0 Å². The lowest BCUT2D eigenvalue weighted by Gasteiger charge is -2.20. The van der Waals surface area contributed by atoms with Crippen molar-refractivity contribution in [1.29, 1.82) is 0 Å². The Kier molecular flexibility index (Phi) is 19.2. The Morgan fingerprint density at radius 3 is 1.47 bits per heavy atom. The van der Waals surface area contributed by atoms with E-state index in [4.69, 9.17) is 9.47 Å². The van der Waals surface area contributed by atoms with E-state index in [0.717, 1.165) is 35.4 Å². The summed E-state index contributed by atoms with van der Waals surface area (Å²) in [6.45, 7) is 2.74. The zero-order chi connectivity index (χ0) is 43.3. The van der Waals surface area contributed by atoms with Gasteiger partial charge in [-0.25, -0.2) is 22.4 Å². The fourth-order valence-corrected chi connectivity index (χ4v) is 5.45. The van der Waals surface area contributed by atoms with E-state index in [1.807, 2.05) is 60.7 Å². The van der Waals surface area contributed by atoms with Crippen LogP contribution >= 0.6 is 0 Å². The van der Waals surface area contributed by atoms with Gasteiger partial charge in [0, 0.05) is 18.6 Å². The summed E-state index contributed by atoms with van der Waals surface area (Å²) in [6.07, 6.45) is 0.862. The van der Waals surface area contributed by atoms with Crippen molar-refractivity contribution in [3.05, 3.63) is 143 Å². The summed E-state index contributed by atoms with van der Waals surface area (Å²) in [4.78, 5) is 72.2. The van der Waals surface area contributed by atoms with Crippen LogP contribution in [0.5, 0.6) is 0 Å². The third-order valence-electron chi connectivity index (χ3n) is 8.39. The van der Waals surface area contributed by atoms with Gasteiger partial charge in [-0.1, -0.05) is 60.7 Å². The van der Waals surface area contributed by atoms with E-state index in [2.05, 4.69) is 21.3 Å². The average Bonchev–Trinajstić information content (AvgIpc) is 3.18. The lowest BCUT2D eigenvalue weighted by molar-refractivity contribution is -0.145. The van der Waals surface area contributed by atoms with Gasteiger partial charge in [0.2, 0.25) is 23.6 Å². The van der Waals surface area contributed by atoms with Gasteiger partial charge < -0.3 is 30.7 Å². The number of carbonyl (C=O) groups is 6. The first-order valence-electron chi connectivity index (χ1n) is 18.5. The molecule has 4 N–H and O–H groups in total. The monoisotopic (exact) mass is 822 g/mol. The Hall–Kier alpha value is -6.58. The van der Waals surface area contributed by atoms with Crippen molar-refractivity contribution in [2.45, 2.75) is 64.1 Å². The lowest BCUT2D eigenvalue weighted by Crippen LogP contribution is -2.51. The number of hydrogen-bond donors (Lipinski definition) is 4. The minimum atomic E-state index is -0.959. The van der Waals surface area contributed by atoms with Crippen LogP contribution in [-0.2, 0) is 63.9 Å². The fourth-order valence-electron chi connectivity index (χ4n) is 5.45. The third kappa shape index (κ3) is 18.0. The molecule has 4 rings (SSSR count). The Morgan fingerprint density at radius 2 is 1.02 bits per heavy atom. The molecule has 0 bridgehead atoms. The van der Waals surface area contributed by atoms with E-state index in [1.54, 1.807) is 0 Å². The molecule has 0 saturated carbocycles. The molecule has 314 valence electrons. The van der Waals surface area contributed by atoms with Gasteiger partial charge in [0.25, 0.3) is 0 Å². The molecule has 4 aromatic rings. The quantitative estimate of drug-likeness (QED) is 0.0855. The highest BCUT2D eigenvalue weighted by Crippen LogP contribution is 2.11. The zero-order valence-electron chi connectivity index (χ0n) is 32.7. The van der Waals surface area contributed by atoms with Gasteiger partial charge in [-0.3, -0.25) is 24.0 Å². The second kappa shape index (κ2) is 24.2. The molecule has 0 aromatic heterocycles. The summed E-state index contributed by atoms with van der Waals surface area (Å²) < 4.78 is 62.6. The molecule has 4 aromatic carbocycles. The van der Waals surface area contributed by atoms with E-state index in [1.165, 1.54) is 21.0 Å². The molecule has 16 heteroatoms. The highest BCUT2D eigenvalue weighted by atomic mass is 19.1. The van der Waals surface area contributed by atoms with Crippen LogP contribution in [0.1, 0.15) is 42.5 Å². The van der Waals surface area contributed by atoms with Crippen molar-refractivity contribution in [3.63, 3.8) is 0 Å². The van der Waals surface area contributed by atoms with Crippen LogP contribution in [-0.4, -0.2) is 74.0 Å². The Morgan fingerprint density at radius 1 is 0.576 bits per heavy atom. The molecule has 0 heterocycles. The Labute approximate surface area is 339 Å². The number of ether oxygens (including phenoxy) is 2. The van der Waals surface area contributed by atoms with E-state index in [-0.39, 0.29) is 37.1 Å². The minimum absolute atomic E-state index is 0.146. The average molecular weight is 823 g/mol.